The average molecular weight is 346 g/mol. The fourth-order valence-corrected chi connectivity index (χ4v) is 1.93. The number of carbonyl (C=O) groups is 2. The molecule has 0 aromatic heterocycles. The molecular weight excluding hydrogens is 332 g/mol. The first-order valence-electron chi connectivity index (χ1n) is 6.93. The van der Waals surface area contributed by atoms with Crippen LogP contribution in [0.5, 0.6) is 23.0 Å². The van der Waals surface area contributed by atoms with Gasteiger partial charge in [-0.2, -0.15) is 0 Å². The number of carbonyl (C=O) groups excluding carboxylic acids is 1. The summed E-state index contributed by atoms with van der Waals surface area (Å²) in [7, 11) is 0. The Morgan fingerprint density at radius 2 is 1.48 bits per heavy atom. The molecule has 0 saturated heterocycles. The molecule has 130 valence electrons. The Balaban J connectivity index is 2.14. The molecule has 0 aliphatic rings. The van der Waals surface area contributed by atoms with Gasteiger partial charge in [-0.25, -0.2) is 9.59 Å². The van der Waals surface area contributed by atoms with Crippen LogP contribution in [0.1, 0.15) is 17.2 Å². The number of esters is 1. The molecule has 2 aromatic rings. The molecule has 0 fully saturated rings. The normalized spacial score (nSPS) is 12.0. The first-order valence-corrected chi connectivity index (χ1v) is 6.93. The van der Waals surface area contributed by atoms with Gasteiger partial charge < -0.3 is 30.3 Å². The van der Waals surface area contributed by atoms with Crippen LogP contribution in [0.4, 0.5) is 0 Å². The molecule has 1 unspecified atom stereocenters. The van der Waals surface area contributed by atoms with Crippen molar-refractivity contribution in [2.45, 2.75) is 6.10 Å². The third kappa shape index (κ3) is 4.41. The number of aliphatic carboxylic acids is 1. The van der Waals surface area contributed by atoms with Gasteiger partial charge in [-0.15, -0.1) is 0 Å². The minimum absolute atomic E-state index is 0.0353. The minimum Gasteiger partial charge on any atom is -0.504 e. The Labute approximate surface area is 141 Å². The molecule has 1 atom stereocenters. The lowest BCUT2D eigenvalue weighted by atomic mass is 10.1. The van der Waals surface area contributed by atoms with Crippen molar-refractivity contribution in [2.75, 3.05) is 0 Å². The molecule has 25 heavy (non-hydrogen) atoms. The van der Waals surface area contributed by atoms with Crippen LogP contribution in [-0.4, -0.2) is 37.5 Å². The van der Waals surface area contributed by atoms with E-state index in [4.69, 9.17) is 4.74 Å². The van der Waals surface area contributed by atoms with Crippen molar-refractivity contribution in [3.8, 4) is 23.0 Å². The molecule has 0 aliphatic carbocycles. The fraction of sp³-hybridized carbons (Fsp3) is 0.0588. The molecule has 2 rings (SSSR count). The number of rotatable bonds is 5. The maximum Gasteiger partial charge on any atom is 0.349 e. The van der Waals surface area contributed by atoms with Gasteiger partial charge in [0.25, 0.3) is 0 Å². The molecule has 0 saturated carbocycles. The molecule has 5 N–H and O–H groups in total. The zero-order chi connectivity index (χ0) is 18.6. The van der Waals surface area contributed by atoms with E-state index in [0.717, 1.165) is 18.2 Å². The van der Waals surface area contributed by atoms with Gasteiger partial charge >= 0.3 is 11.9 Å². The predicted molar refractivity (Wildman–Crippen MR) is 85.0 cm³/mol. The van der Waals surface area contributed by atoms with Crippen LogP contribution in [0.2, 0.25) is 0 Å². The standard InChI is InChI=1S/C17H14O8/c18-11-4-1-9(7-13(11)20)2-6-15(22)25-16(17(23)24)10-3-5-12(19)14(21)8-10/h1-8,16,18-21H,(H,23,24). The first-order chi connectivity index (χ1) is 11.8. The third-order valence-corrected chi connectivity index (χ3v) is 3.17. The van der Waals surface area contributed by atoms with Gasteiger partial charge in [-0.1, -0.05) is 12.1 Å². The summed E-state index contributed by atoms with van der Waals surface area (Å²) in [5, 5.41) is 46.4. The molecule has 0 amide bonds. The minimum atomic E-state index is -1.68. The number of carboxylic acid groups (broad SMARTS) is 1. The van der Waals surface area contributed by atoms with Gasteiger partial charge in [-0.3, -0.25) is 0 Å². The summed E-state index contributed by atoms with van der Waals surface area (Å²) in [5.41, 5.74) is 0.341. The fourth-order valence-electron chi connectivity index (χ4n) is 1.93. The van der Waals surface area contributed by atoms with Gasteiger partial charge in [-0.05, 0) is 35.9 Å². The zero-order valence-electron chi connectivity index (χ0n) is 12.7. The largest absolute Gasteiger partial charge is 0.504 e. The molecule has 0 radical (unpaired) electrons. The van der Waals surface area contributed by atoms with Crippen molar-refractivity contribution < 1.29 is 39.9 Å². The van der Waals surface area contributed by atoms with Gasteiger partial charge in [0.1, 0.15) is 0 Å². The van der Waals surface area contributed by atoms with Crippen LogP contribution < -0.4 is 0 Å². The van der Waals surface area contributed by atoms with E-state index in [-0.39, 0.29) is 17.1 Å². The monoisotopic (exact) mass is 346 g/mol. The van der Waals surface area contributed by atoms with E-state index in [1.807, 2.05) is 0 Å². The molecule has 2 aromatic carbocycles. The number of carboxylic acids is 1. The number of hydrogen-bond donors (Lipinski definition) is 5. The smallest absolute Gasteiger partial charge is 0.349 e. The SMILES string of the molecule is O=C(C=Cc1ccc(O)c(O)c1)OC(C(=O)O)c1ccc(O)c(O)c1. The van der Waals surface area contributed by atoms with Crippen LogP contribution in [0.3, 0.4) is 0 Å². The number of ether oxygens (including phenoxy) is 1. The summed E-state index contributed by atoms with van der Waals surface area (Å²) in [6.07, 6.45) is 0.522. The Morgan fingerprint density at radius 3 is 2.04 bits per heavy atom. The Hall–Kier alpha value is -3.68. The van der Waals surface area contributed by atoms with E-state index >= 15 is 0 Å². The second-order valence-corrected chi connectivity index (χ2v) is 4.98. The zero-order valence-corrected chi connectivity index (χ0v) is 12.7. The quantitative estimate of drug-likeness (QED) is 0.313. The maximum absolute atomic E-state index is 11.8. The van der Waals surface area contributed by atoms with Crippen molar-refractivity contribution >= 4 is 18.0 Å². The van der Waals surface area contributed by atoms with Crippen molar-refractivity contribution in [2.24, 2.45) is 0 Å². The van der Waals surface area contributed by atoms with Gasteiger partial charge in [0, 0.05) is 11.6 Å². The molecule has 0 bridgehead atoms. The van der Waals surface area contributed by atoms with Crippen molar-refractivity contribution in [1.82, 2.24) is 0 Å². The summed E-state index contributed by atoms with van der Waals surface area (Å²) < 4.78 is 4.84. The number of benzene rings is 2. The highest BCUT2D eigenvalue weighted by molar-refractivity contribution is 5.89. The van der Waals surface area contributed by atoms with Crippen LogP contribution in [0.25, 0.3) is 6.08 Å². The van der Waals surface area contributed by atoms with E-state index in [0.29, 0.717) is 5.56 Å². The van der Waals surface area contributed by atoms with Crippen LogP contribution >= 0.6 is 0 Å². The Bertz CT molecular complexity index is 841. The van der Waals surface area contributed by atoms with Crippen LogP contribution in [0.15, 0.2) is 42.5 Å². The lowest BCUT2D eigenvalue weighted by Crippen LogP contribution is -2.18. The summed E-state index contributed by atoms with van der Waals surface area (Å²) in [4.78, 5) is 23.1. The predicted octanol–water partition coefficient (Wildman–Crippen LogP) is 1.89. The summed E-state index contributed by atoms with van der Waals surface area (Å²) in [6.45, 7) is 0. The molecule has 8 nitrogen and oxygen atoms in total. The lowest BCUT2D eigenvalue weighted by Gasteiger charge is -2.13. The van der Waals surface area contributed by atoms with E-state index in [2.05, 4.69) is 0 Å². The number of phenolic OH excluding ortho intramolecular Hbond substituents is 4. The Kier molecular flexibility index (Phi) is 5.13. The molecule has 0 aliphatic heterocycles. The second-order valence-electron chi connectivity index (χ2n) is 4.98. The summed E-state index contributed by atoms with van der Waals surface area (Å²) >= 11 is 0. The third-order valence-electron chi connectivity index (χ3n) is 3.17. The van der Waals surface area contributed by atoms with E-state index < -0.39 is 29.5 Å². The lowest BCUT2D eigenvalue weighted by molar-refractivity contribution is -0.161. The van der Waals surface area contributed by atoms with Gasteiger partial charge in [0.2, 0.25) is 6.10 Å². The number of phenols is 4. The first kappa shape index (κ1) is 17.7. The van der Waals surface area contributed by atoms with Crippen LogP contribution in [-0.2, 0) is 14.3 Å². The van der Waals surface area contributed by atoms with Crippen molar-refractivity contribution in [3.63, 3.8) is 0 Å². The van der Waals surface area contributed by atoms with E-state index in [1.54, 1.807) is 0 Å². The number of aromatic hydroxyl groups is 4. The second kappa shape index (κ2) is 7.26. The summed E-state index contributed by atoms with van der Waals surface area (Å²) in [5.74, 6) is -4.13. The van der Waals surface area contributed by atoms with Crippen molar-refractivity contribution in [1.29, 1.82) is 0 Å². The molecule has 8 heteroatoms. The highest BCUT2D eigenvalue weighted by atomic mass is 16.6. The Morgan fingerprint density at radius 1 is 0.880 bits per heavy atom. The topological polar surface area (TPSA) is 145 Å². The van der Waals surface area contributed by atoms with Gasteiger partial charge in [0.05, 0.1) is 0 Å². The molecule has 0 spiro atoms. The molecular formula is C17H14O8. The molecule has 0 heterocycles. The average Bonchev–Trinajstić information content (AvgIpc) is 2.56. The maximum atomic E-state index is 11.8. The van der Waals surface area contributed by atoms with Crippen LogP contribution in [0, 0.1) is 0 Å². The van der Waals surface area contributed by atoms with E-state index in [1.165, 1.54) is 30.3 Å². The van der Waals surface area contributed by atoms with Crippen molar-refractivity contribution in [3.05, 3.63) is 53.6 Å². The highest BCUT2D eigenvalue weighted by Gasteiger charge is 2.24. The summed E-state index contributed by atoms with van der Waals surface area (Å²) in [6, 6.07) is 7.09. The highest BCUT2D eigenvalue weighted by Crippen LogP contribution is 2.29. The van der Waals surface area contributed by atoms with Gasteiger partial charge in [0.15, 0.2) is 23.0 Å². The van der Waals surface area contributed by atoms with E-state index in [9.17, 15) is 35.1 Å². The number of hydrogen-bond acceptors (Lipinski definition) is 7.